The zero-order chi connectivity index (χ0) is 14.8. The lowest BCUT2D eigenvalue weighted by Gasteiger charge is -2.24. The molecule has 0 aromatic heterocycles. The Bertz CT molecular complexity index is 594. The maximum Gasteiger partial charge on any atom is 0.243 e. The Hall–Kier alpha value is -1.58. The van der Waals surface area contributed by atoms with Gasteiger partial charge in [0.25, 0.3) is 0 Å². The van der Waals surface area contributed by atoms with E-state index in [1.54, 1.807) is 32.9 Å². The molecule has 0 bridgehead atoms. The second-order valence-corrected chi connectivity index (χ2v) is 6.65. The Kier molecular flexibility index (Phi) is 4.56. The van der Waals surface area contributed by atoms with Gasteiger partial charge in [0.05, 0.1) is 17.4 Å². The molecule has 1 aromatic carbocycles. The Morgan fingerprint density at radius 1 is 1.37 bits per heavy atom. The topological polar surface area (TPSA) is 87.2 Å². The zero-order valence-corrected chi connectivity index (χ0v) is 12.5. The Morgan fingerprint density at radius 3 is 2.26 bits per heavy atom. The molecular weight excluding hydrogens is 262 g/mol. The molecule has 1 aromatic rings. The maximum atomic E-state index is 12.6. The van der Waals surface area contributed by atoms with Crippen LogP contribution in [0.15, 0.2) is 17.0 Å². The highest BCUT2D eigenvalue weighted by molar-refractivity contribution is 7.89. The van der Waals surface area contributed by atoms with Crippen molar-refractivity contribution in [2.24, 2.45) is 0 Å². The number of hydrogen-bond acceptors (Lipinski definition) is 4. The molecule has 0 aliphatic carbocycles. The second kappa shape index (κ2) is 5.59. The summed E-state index contributed by atoms with van der Waals surface area (Å²) < 4.78 is 26.4. The van der Waals surface area contributed by atoms with Crippen molar-refractivity contribution in [1.29, 1.82) is 5.26 Å². The monoisotopic (exact) mass is 281 g/mol. The summed E-state index contributed by atoms with van der Waals surface area (Å²) in [6.45, 7) is 5.15. The molecule has 1 unspecified atom stereocenters. The predicted octanol–water partition coefficient (Wildman–Crippen LogP) is 1.81. The number of nitrogens with zero attached hydrogens (tertiary/aromatic N) is 2. The number of sulfonamides is 1. The van der Waals surface area contributed by atoms with Crippen LogP contribution in [0.2, 0.25) is 0 Å². The summed E-state index contributed by atoms with van der Waals surface area (Å²) in [7, 11) is -2.12. The van der Waals surface area contributed by atoms with Gasteiger partial charge in [-0.05, 0) is 44.0 Å². The first kappa shape index (κ1) is 15.5. The van der Waals surface area contributed by atoms with E-state index in [9.17, 15) is 8.42 Å². The molecule has 19 heavy (non-hydrogen) atoms. The van der Waals surface area contributed by atoms with Gasteiger partial charge in [-0.25, -0.2) is 8.42 Å². The van der Waals surface area contributed by atoms with Gasteiger partial charge in [-0.15, -0.1) is 0 Å². The van der Waals surface area contributed by atoms with E-state index in [1.807, 2.05) is 6.07 Å². The van der Waals surface area contributed by atoms with Crippen molar-refractivity contribution in [2.45, 2.75) is 38.1 Å². The Labute approximate surface area is 114 Å². The molecule has 6 heteroatoms. The lowest BCUT2D eigenvalue weighted by Crippen LogP contribution is -2.35. The van der Waals surface area contributed by atoms with E-state index in [-0.39, 0.29) is 17.4 Å². The summed E-state index contributed by atoms with van der Waals surface area (Å²) in [5.74, 6) is 0. The third-order valence-corrected chi connectivity index (χ3v) is 5.41. The number of nitriles is 1. The molecule has 1 rings (SSSR count). The Balaban J connectivity index is 3.33. The van der Waals surface area contributed by atoms with Crippen LogP contribution in [0.1, 0.15) is 24.5 Å². The first-order valence-corrected chi connectivity index (χ1v) is 7.37. The first-order valence-electron chi connectivity index (χ1n) is 5.93. The Morgan fingerprint density at radius 2 is 1.84 bits per heavy atom. The number of nitrogens with two attached hydrogens (primary N) is 1. The average Bonchev–Trinajstić information content (AvgIpc) is 2.26. The van der Waals surface area contributed by atoms with Gasteiger partial charge in [0.15, 0.2) is 0 Å². The van der Waals surface area contributed by atoms with Gasteiger partial charge in [-0.1, -0.05) is 0 Å². The van der Waals surface area contributed by atoms with Crippen molar-refractivity contribution in [1.82, 2.24) is 4.31 Å². The number of rotatable bonds is 4. The second-order valence-electron chi connectivity index (χ2n) is 4.72. The summed E-state index contributed by atoms with van der Waals surface area (Å²) in [4.78, 5) is 0.272. The van der Waals surface area contributed by atoms with Gasteiger partial charge in [-0.2, -0.15) is 9.57 Å². The average molecular weight is 281 g/mol. The highest BCUT2D eigenvalue weighted by Crippen LogP contribution is 2.26. The van der Waals surface area contributed by atoms with Crippen molar-refractivity contribution in [3.8, 4) is 6.07 Å². The molecule has 0 saturated heterocycles. The van der Waals surface area contributed by atoms with E-state index < -0.39 is 10.0 Å². The fraction of sp³-hybridized carbons (Fsp3) is 0.462. The number of anilines is 1. The molecule has 1 atom stereocenters. The SMILES string of the molecule is Cc1cc(N)cc(C)c1S(=O)(=O)N(C)C(C)CC#N. The highest BCUT2D eigenvalue weighted by Gasteiger charge is 2.28. The number of hydrogen-bond donors (Lipinski definition) is 1. The van der Waals surface area contributed by atoms with E-state index in [0.717, 1.165) is 0 Å². The van der Waals surface area contributed by atoms with Crippen LogP contribution in [-0.2, 0) is 10.0 Å². The molecule has 5 nitrogen and oxygen atoms in total. The van der Waals surface area contributed by atoms with E-state index in [4.69, 9.17) is 11.0 Å². The van der Waals surface area contributed by atoms with Crippen LogP contribution >= 0.6 is 0 Å². The summed E-state index contributed by atoms with van der Waals surface area (Å²) in [6, 6.07) is 4.90. The lowest BCUT2D eigenvalue weighted by atomic mass is 10.1. The fourth-order valence-electron chi connectivity index (χ4n) is 2.03. The molecule has 0 spiro atoms. The van der Waals surface area contributed by atoms with Crippen molar-refractivity contribution in [3.63, 3.8) is 0 Å². The van der Waals surface area contributed by atoms with Crippen LogP contribution in [0.5, 0.6) is 0 Å². The number of aryl methyl sites for hydroxylation is 2. The minimum absolute atomic E-state index is 0.156. The van der Waals surface area contributed by atoms with Gasteiger partial charge in [0, 0.05) is 18.8 Å². The van der Waals surface area contributed by atoms with Gasteiger partial charge in [-0.3, -0.25) is 0 Å². The van der Waals surface area contributed by atoms with Crippen molar-refractivity contribution < 1.29 is 8.42 Å². The van der Waals surface area contributed by atoms with Crippen molar-refractivity contribution >= 4 is 15.7 Å². The van der Waals surface area contributed by atoms with Crippen LogP contribution in [0.25, 0.3) is 0 Å². The fourth-order valence-corrected chi connectivity index (χ4v) is 3.80. The summed E-state index contributed by atoms with van der Waals surface area (Å²) in [5, 5.41) is 8.68. The molecule has 104 valence electrons. The third kappa shape index (κ3) is 3.06. The number of benzene rings is 1. The van der Waals surface area contributed by atoms with E-state index in [1.165, 1.54) is 11.4 Å². The minimum atomic E-state index is -3.61. The maximum absolute atomic E-state index is 12.6. The smallest absolute Gasteiger partial charge is 0.243 e. The quantitative estimate of drug-likeness (QED) is 0.853. The van der Waals surface area contributed by atoms with Crippen LogP contribution in [-0.4, -0.2) is 25.8 Å². The van der Waals surface area contributed by atoms with Gasteiger partial charge < -0.3 is 5.73 Å². The zero-order valence-electron chi connectivity index (χ0n) is 11.6. The molecule has 0 aliphatic heterocycles. The minimum Gasteiger partial charge on any atom is -0.399 e. The van der Waals surface area contributed by atoms with E-state index in [0.29, 0.717) is 16.8 Å². The van der Waals surface area contributed by atoms with Crippen LogP contribution in [0, 0.1) is 25.2 Å². The first-order chi connectivity index (χ1) is 8.71. The molecule has 0 saturated carbocycles. The lowest BCUT2D eigenvalue weighted by molar-refractivity contribution is 0.392. The normalized spacial score (nSPS) is 13.3. The van der Waals surface area contributed by atoms with Crippen molar-refractivity contribution in [3.05, 3.63) is 23.3 Å². The van der Waals surface area contributed by atoms with Crippen LogP contribution < -0.4 is 5.73 Å². The van der Waals surface area contributed by atoms with Gasteiger partial charge in [0.1, 0.15) is 0 Å². The van der Waals surface area contributed by atoms with Gasteiger partial charge >= 0.3 is 0 Å². The summed E-state index contributed by atoms with van der Waals surface area (Å²) in [6.07, 6.45) is 0.156. The van der Waals surface area contributed by atoms with Crippen molar-refractivity contribution in [2.75, 3.05) is 12.8 Å². The molecule has 0 radical (unpaired) electrons. The molecule has 0 fully saturated rings. The highest BCUT2D eigenvalue weighted by atomic mass is 32.2. The van der Waals surface area contributed by atoms with E-state index in [2.05, 4.69) is 0 Å². The summed E-state index contributed by atoms with van der Waals surface area (Å²) in [5.41, 5.74) is 7.48. The van der Waals surface area contributed by atoms with Crippen LogP contribution in [0.3, 0.4) is 0 Å². The standard InChI is InChI=1S/C13H19N3O2S/c1-9-7-12(15)8-10(2)13(9)19(17,18)16(4)11(3)5-6-14/h7-8,11H,5,15H2,1-4H3. The van der Waals surface area contributed by atoms with E-state index >= 15 is 0 Å². The molecule has 0 aliphatic rings. The molecular formula is C13H19N3O2S. The largest absolute Gasteiger partial charge is 0.399 e. The molecule has 0 amide bonds. The number of nitrogen functional groups attached to an aromatic ring is 1. The van der Waals surface area contributed by atoms with Gasteiger partial charge in [0.2, 0.25) is 10.0 Å². The summed E-state index contributed by atoms with van der Waals surface area (Å²) >= 11 is 0. The molecule has 0 heterocycles. The third-order valence-electron chi connectivity index (χ3n) is 3.13. The predicted molar refractivity (Wildman–Crippen MR) is 75.0 cm³/mol. The molecule has 2 N–H and O–H groups in total. The van der Waals surface area contributed by atoms with Crippen LogP contribution in [0.4, 0.5) is 5.69 Å².